The fraction of sp³-hybridized carbons (Fsp3) is 0.556. The van der Waals surface area contributed by atoms with E-state index in [-0.39, 0.29) is 23.9 Å². The minimum Gasteiger partial charge on any atom is -0.476 e. The summed E-state index contributed by atoms with van der Waals surface area (Å²) in [5.41, 5.74) is -0.0327. The Kier molecular flexibility index (Phi) is 3.19. The van der Waals surface area contributed by atoms with Crippen LogP contribution in [0.2, 0.25) is 0 Å². The molecule has 0 aromatic carbocycles. The summed E-state index contributed by atoms with van der Waals surface area (Å²) in [5.74, 6) is -0.825. The van der Waals surface area contributed by atoms with Gasteiger partial charge in [-0.3, -0.25) is 0 Å². The van der Waals surface area contributed by atoms with Crippen LogP contribution in [-0.4, -0.2) is 41.1 Å². The number of nitrogens with zero attached hydrogens (tertiary/aromatic N) is 2. The summed E-state index contributed by atoms with van der Waals surface area (Å²) < 4.78 is 24.8. The van der Waals surface area contributed by atoms with Crippen LogP contribution in [0.5, 0.6) is 0 Å². The van der Waals surface area contributed by atoms with Crippen LogP contribution in [0.1, 0.15) is 22.4 Å². The van der Waals surface area contributed by atoms with E-state index in [9.17, 15) is 13.2 Å². The Morgan fingerprint density at radius 1 is 1.71 bits per heavy atom. The fourth-order valence-corrected chi connectivity index (χ4v) is 4.47. The summed E-state index contributed by atoms with van der Waals surface area (Å²) in [6.07, 6.45) is 0. The van der Waals surface area contributed by atoms with Crippen molar-refractivity contribution < 1.29 is 18.3 Å². The van der Waals surface area contributed by atoms with Crippen molar-refractivity contribution >= 4 is 27.3 Å². The lowest BCUT2D eigenvalue weighted by Gasteiger charge is -2.11. The Hall–Kier alpha value is -0.990. The smallest absolute Gasteiger partial charge is 0.355 e. The lowest BCUT2D eigenvalue weighted by atomic mass is 10.2. The van der Waals surface area contributed by atoms with Crippen LogP contribution < -0.4 is 0 Å². The Bertz CT molecular complexity index is 537. The van der Waals surface area contributed by atoms with Gasteiger partial charge in [-0.1, -0.05) is 6.92 Å². The molecule has 1 atom stereocenters. The van der Waals surface area contributed by atoms with Gasteiger partial charge < -0.3 is 5.11 Å². The predicted molar refractivity (Wildman–Crippen MR) is 62.4 cm³/mol. The standard InChI is InChI=1S/C9H12N2O4S2/c1-6-2-11(17(14,15)5-6)3-8-10-7(4-16-8)9(12)13/h4,6H,2-3,5H2,1H3,(H,12,13). The summed E-state index contributed by atoms with van der Waals surface area (Å²) in [6.45, 7) is 2.52. The fourth-order valence-electron chi connectivity index (χ4n) is 1.77. The molecule has 94 valence electrons. The van der Waals surface area contributed by atoms with Gasteiger partial charge in [0, 0.05) is 11.9 Å². The monoisotopic (exact) mass is 276 g/mol. The van der Waals surface area contributed by atoms with Gasteiger partial charge in [0.1, 0.15) is 5.01 Å². The Morgan fingerprint density at radius 2 is 2.41 bits per heavy atom. The summed E-state index contributed by atoms with van der Waals surface area (Å²) in [6, 6.07) is 0. The van der Waals surface area contributed by atoms with Gasteiger partial charge >= 0.3 is 5.97 Å². The Labute approximate surface area is 103 Å². The van der Waals surface area contributed by atoms with Crippen LogP contribution in [0.3, 0.4) is 0 Å². The van der Waals surface area contributed by atoms with Crippen LogP contribution >= 0.6 is 11.3 Å². The van der Waals surface area contributed by atoms with Crippen molar-refractivity contribution in [1.29, 1.82) is 0 Å². The maximum Gasteiger partial charge on any atom is 0.355 e. The van der Waals surface area contributed by atoms with E-state index in [2.05, 4.69) is 4.98 Å². The van der Waals surface area contributed by atoms with Gasteiger partial charge in [0.05, 0.1) is 12.3 Å². The molecule has 0 amide bonds. The number of thiazole rings is 1. The summed E-state index contributed by atoms with van der Waals surface area (Å²) in [5, 5.41) is 10.7. The van der Waals surface area contributed by atoms with Gasteiger partial charge in [0.2, 0.25) is 10.0 Å². The minimum absolute atomic E-state index is 0.0327. The second kappa shape index (κ2) is 4.35. The third-order valence-electron chi connectivity index (χ3n) is 2.49. The highest BCUT2D eigenvalue weighted by atomic mass is 32.2. The molecular formula is C9H12N2O4S2. The van der Waals surface area contributed by atoms with Crippen molar-refractivity contribution in [2.45, 2.75) is 13.5 Å². The first kappa shape index (κ1) is 12.5. The first-order valence-corrected chi connectivity index (χ1v) is 7.53. The highest BCUT2D eigenvalue weighted by Gasteiger charge is 2.34. The largest absolute Gasteiger partial charge is 0.476 e. The molecule has 1 saturated heterocycles. The third kappa shape index (κ3) is 2.64. The number of hydrogen-bond acceptors (Lipinski definition) is 5. The molecule has 0 bridgehead atoms. The maximum absolute atomic E-state index is 11.7. The number of hydrogen-bond donors (Lipinski definition) is 1. The van der Waals surface area contributed by atoms with Gasteiger partial charge in [-0.2, -0.15) is 4.31 Å². The zero-order valence-electron chi connectivity index (χ0n) is 9.16. The van der Waals surface area contributed by atoms with Crippen molar-refractivity contribution in [2.24, 2.45) is 5.92 Å². The van der Waals surface area contributed by atoms with Gasteiger partial charge in [-0.25, -0.2) is 18.2 Å². The van der Waals surface area contributed by atoms with Gasteiger partial charge in [0.15, 0.2) is 5.69 Å². The molecule has 0 aliphatic carbocycles. The SMILES string of the molecule is CC1CN(Cc2nc(C(=O)O)cs2)S(=O)(=O)C1. The van der Waals surface area contributed by atoms with E-state index in [0.29, 0.717) is 11.6 Å². The topological polar surface area (TPSA) is 87.6 Å². The van der Waals surface area contributed by atoms with E-state index in [1.165, 1.54) is 21.0 Å². The van der Waals surface area contributed by atoms with Crippen molar-refractivity contribution in [1.82, 2.24) is 9.29 Å². The lowest BCUT2D eigenvalue weighted by molar-refractivity contribution is 0.0691. The summed E-state index contributed by atoms with van der Waals surface area (Å²) in [4.78, 5) is 14.5. The molecule has 1 aliphatic rings. The molecular weight excluding hydrogens is 264 g/mol. The summed E-state index contributed by atoms with van der Waals surface area (Å²) >= 11 is 1.17. The quantitative estimate of drug-likeness (QED) is 0.874. The molecule has 1 fully saturated rings. The Morgan fingerprint density at radius 3 is 2.88 bits per heavy atom. The van der Waals surface area contributed by atoms with Crippen molar-refractivity contribution in [3.63, 3.8) is 0 Å². The van der Waals surface area contributed by atoms with E-state index in [4.69, 9.17) is 5.11 Å². The number of aromatic carboxylic acids is 1. The summed E-state index contributed by atoms with van der Waals surface area (Å²) in [7, 11) is -3.19. The van der Waals surface area contributed by atoms with E-state index in [0.717, 1.165) is 0 Å². The highest BCUT2D eigenvalue weighted by molar-refractivity contribution is 7.89. The third-order valence-corrected chi connectivity index (χ3v) is 5.38. The van der Waals surface area contributed by atoms with E-state index >= 15 is 0 Å². The molecule has 1 aromatic heterocycles. The number of carbonyl (C=O) groups is 1. The molecule has 0 radical (unpaired) electrons. The van der Waals surface area contributed by atoms with Gasteiger partial charge in [0.25, 0.3) is 0 Å². The van der Waals surface area contributed by atoms with Crippen molar-refractivity contribution in [3.05, 3.63) is 16.1 Å². The zero-order valence-corrected chi connectivity index (χ0v) is 10.8. The van der Waals surface area contributed by atoms with Gasteiger partial charge in [-0.05, 0) is 5.92 Å². The number of carboxylic acids is 1. The molecule has 2 heterocycles. The molecule has 1 unspecified atom stereocenters. The molecule has 8 heteroatoms. The second-order valence-corrected chi connectivity index (χ2v) is 7.06. The molecule has 17 heavy (non-hydrogen) atoms. The van der Waals surface area contributed by atoms with Crippen molar-refractivity contribution in [2.75, 3.05) is 12.3 Å². The molecule has 0 spiro atoms. The predicted octanol–water partition coefficient (Wildman–Crippen LogP) is 0.623. The molecule has 1 N–H and O–H groups in total. The van der Waals surface area contributed by atoms with Gasteiger partial charge in [-0.15, -0.1) is 11.3 Å². The average molecular weight is 276 g/mol. The normalized spacial score (nSPS) is 23.9. The first-order valence-electron chi connectivity index (χ1n) is 5.04. The molecule has 1 aliphatic heterocycles. The average Bonchev–Trinajstić information content (AvgIpc) is 2.72. The van der Waals surface area contributed by atoms with Crippen molar-refractivity contribution in [3.8, 4) is 0 Å². The minimum atomic E-state index is -3.19. The lowest BCUT2D eigenvalue weighted by Crippen LogP contribution is -2.25. The molecule has 2 rings (SSSR count). The number of sulfonamides is 1. The first-order chi connectivity index (χ1) is 7.88. The number of rotatable bonds is 3. The van der Waals surface area contributed by atoms with Crippen LogP contribution in [0.25, 0.3) is 0 Å². The van der Waals surface area contributed by atoms with E-state index < -0.39 is 16.0 Å². The number of aromatic nitrogens is 1. The molecule has 0 saturated carbocycles. The van der Waals surface area contributed by atoms with Crippen LogP contribution in [0, 0.1) is 5.92 Å². The molecule has 6 nitrogen and oxygen atoms in total. The van der Waals surface area contributed by atoms with Crippen LogP contribution in [-0.2, 0) is 16.6 Å². The van der Waals surface area contributed by atoms with E-state index in [1.54, 1.807) is 0 Å². The second-order valence-electron chi connectivity index (χ2n) is 4.11. The molecule has 1 aromatic rings. The Balaban J connectivity index is 2.13. The highest BCUT2D eigenvalue weighted by Crippen LogP contribution is 2.22. The van der Waals surface area contributed by atoms with E-state index in [1.807, 2.05) is 6.92 Å². The number of carboxylic acid groups (broad SMARTS) is 1. The van der Waals surface area contributed by atoms with Crippen LogP contribution in [0.4, 0.5) is 0 Å². The maximum atomic E-state index is 11.7. The zero-order chi connectivity index (χ0) is 12.6. The van der Waals surface area contributed by atoms with Crippen LogP contribution in [0.15, 0.2) is 5.38 Å².